The SMILES string of the molecule is O=C(NC(=Nc1ccc(Oc2ccc3nc(N(Cc4ccccc4)C(=O)O)[nH]c3c2)cc1)NC(=O)OCc1ccccc1)OCc1ccccc1. The molecule has 1 heterocycles. The minimum Gasteiger partial charge on any atom is -0.465 e. The van der Waals surface area contributed by atoms with E-state index in [0.29, 0.717) is 28.2 Å². The summed E-state index contributed by atoms with van der Waals surface area (Å²) in [5.74, 6) is 0.927. The number of aromatic amines is 1. The minimum absolute atomic E-state index is 0.0155. The molecule has 0 saturated carbocycles. The first-order valence-corrected chi connectivity index (χ1v) is 15.7. The maximum atomic E-state index is 12.6. The molecule has 0 aliphatic carbocycles. The summed E-state index contributed by atoms with van der Waals surface area (Å²) in [5, 5.41) is 14.8. The molecule has 6 aromatic rings. The van der Waals surface area contributed by atoms with Gasteiger partial charge in [0.2, 0.25) is 11.9 Å². The van der Waals surface area contributed by atoms with Gasteiger partial charge in [-0.05, 0) is 53.1 Å². The number of alkyl carbamates (subject to hydrolysis) is 2. The molecule has 0 aliphatic heterocycles. The molecule has 5 aromatic carbocycles. The van der Waals surface area contributed by atoms with Crippen LogP contribution in [-0.4, -0.2) is 39.3 Å². The van der Waals surface area contributed by atoms with Crippen molar-refractivity contribution >= 4 is 46.9 Å². The first-order chi connectivity index (χ1) is 24.9. The van der Waals surface area contributed by atoms with Crippen LogP contribution in [0.15, 0.2) is 138 Å². The van der Waals surface area contributed by atoms with Crippen LogP contribution in [0.4, 0.5) is 26.0 Å². The number of carboxylic acid groups (broad SMARTS) is 1. The summed E-state index contributed by atoms with van der Waals surface area (Å²) in [7, 11) is 0. The van der Waals surface area contributed by atoms with Gasteiger partial charge < -0.3 is 24.3 Å². The number of anilines is 1. The van der Waals surface area contributed by atoms with E-state index in [1.165, 1.54) is 0 Å². The number of H-pyrrole nitrogens is 1. The van der Waals surface area contributed by atoms with Crippen molar-refractivity contribution in [3.05, 3.63) is 150 Å². The van der Waals surface area contributed by atoms with Gasteiger partial charge in [0, 0.05) is 6.07 Å². The minimum atomic E-state index is -1.14. The van der Waals surface area contributed by atoms with Gasteiger partial charge in [0.1, 0.15) is 24.7 Å². The van der Waals surface area contributed by atoms with E-state index in [0.717, 1.165) is 21.6 Å². The Hall–Kier alpha value is -7.15. The number of aliphatic imine (C=N–C) groups is 1. The molecular weight excluding hydrogens is 652 g/mol. The number of hydrogen-bond donors (Lipinski definition) is 4. The third kappa shape index (κ3) is 9.70. The quantitative estimate of drug-likeness (QED) is 0.0835. The average molecular weight is 685 g/mol. The fraction of sp³-hybridized carbons (Fsp3) is 0.0789. The van der Waals surface area contributed by atoms with Gasteiger partial charge in [-0.25, -0.2) is 29.3 Å². The molecule has 0 unspecified atom stereocenters. The molecule has 6 rings (SSSR count). The Labute approximate surface area is 292 Å². The molecule has 13 nitrogen and oxygen atoms in total. The predicted molar refractivity (Wildman–Crippen MR) is 190 cm³/mol. The number of amides is 3. The standard InChI is InChI=1S/C38H32N6O7/c45-36(49-24-27-12-6-2-7-13-27)42-34(43-37(46)50-25-28-14-8-3-9-15-28)39-29-16-18-30(19-17-29)51-31-20-21-32-33(22-31)41-35(40-32)44(38(47)48)23-26-10-4-1-5-11-26/h1-22H,23-25H2,(H,40,41)(H,47,48)(H2,39,42,43,45,46). The largest absolute Gasteiger partial charge is 0.465 e. The van der Waals surface area contributed by atoms with Crippen molar-refractivity contribution in [2.24, 2.45) is 4.99 Å². The van der Waals surface area contributed by atoms with Gasteiger partial charge in [0.25, 0.3) is 0 Å². The number of carbonyl (C=O) groups is 3. The third-order valence-corrected chi connectivity index (χ3v) is 7.29. The molecule has 0 atom stereocenters. The highest BCUT2D eigenvalue weighted by atomic mass is 16.6. The summed E-state index contributed by atoms with van der Waals surface area (Å²) < 4.78 is 16.6. The van der Waals surface area contributed by atoms with Crippen LogP contribution in [0.25, 0.3) is 11.0 Å². The number of imidazole rings is 1. The fourth-order valence-electron chi connectivity index (χ4n) is 4.82. The first kappa shape index (κ1) is 33.7. The van der Waals surface area contributed by atoms with Gasteiger partial charge in [-0.2, -0.15) is 0 Å². The lowest BCUT2D eigenvalue weighted by molar-refractivity contribution is 0.141. The van der Waals surface area contributed by atoms with E-state index in [4.69, 9.17) is 14.2 Å². The summed E-state index contributed by atoms with van der Waals surface area (Å²) in [6.07, 6.45) is -2.80. The van der Waals surface area contributed by atoms with Crippen LogP contribution in [-0.2, 0) is 29.2 Å². The van der Waals surface area contributed by atoms with E-state index >= 15 is 0 Å². The number of hydrogen-bond acceptors (Lipinski definition) is 8. The summed E-state index contributed by atoms with van der Waals surface area (Å²) >= 11 is 0. The average Bonchev–Trinajstić information content (AvgIpc) is 3.57. The lowest BCUT2D eigenvalue weighted by atomic mass is 10.2. The molecule has 256 valence electrons. The van der Waals surface area contributed by atoms with Gasteiger partial charge in [-0.15, -0.1) is 0 Å². The Morgan fingerprint density at radius 3 is 1.76 bits per heavy atom. The number of guanidine groups is 1. The first-order valence-electron chi connectivity index (χ1n) is 15.7. The van der Waals surface area contributed by atoms with Gasteiger partial charge in [0.15, 0.2) is 0 Å². The Morgan fingerprint density at radius 1 is 0.686 bits per heavy atom. The smallest absolute Gasteiger partial charge is 0.414 e. The normalized spacial score (nSPS) is 10.5. The molecule has 13 heteroatoms. The highest BCUT2D eigenvalue weighted by molar-refractivity contribution is 6.02. The molecule has 0 spiro atoms. The van der Waals surface area contributed by atoms with Crippen LogP contribution in [0.1, 0.15) is 16.7 Å². The van der Waals surface area contributed by atoms with Crippen LogP contribution in [0.3, 0.4) is 0 Å². The Kier molecular flexibility index (Phi) is 10.8. The zero-order valence-electron chi connectivity index (χ0n) is 27.1. The molecule has 51 heavy (non-hydrogen) atoms. The topological polar surface area (TPSA) is 167 Å². The fourth-order valence-corrected chi connectivity index (χ4v) is 4.82. The van der Waals surface area contributed by atoms with E-state index in [1.54, 1.807) is 42.5 Å². The van der Waals surface area contributed by atoms with E-state index in [2.05, 4.69) is 25.6 Å². The lowest BCUT2D eigenvalue weighted by Gasteiger charge is -2.15. The molecule has 0 bridgehead atoms. The van der Waals surface area contributed by atoms with Crippen LogP contribution >= 0.6 is 0 Å². The Balaban J connectivity index is 1.13. The Bertz CT molecular complexity index is 2060. The number of carbonyl (C=O) groups excluding carboxylic acids is 2. The van der Waals surface area contributed by atoms with Crippen molar-refractivity contribution in [3.63, 3.8) is 0 Å². The maximum Gasteiger partial charge on any atom is 0.414 e. The molecule has 0 fully saturated rings. The molecule has 0 aliphatic rings. The van der Waals surface area contributed by atoms with Gasteiger partial charge in [-0.3, -0.25) is 10.6 Å². The molecule has 0 radical (unpaired) electrons. The van der Waals surface area contributed by atoms with Crippen LogP contribution < -0.4 is 20.3 Å². The third-order valence-electron chi connectivity index (χ3n) is 7.29. The van der Waals surface area contributed by atoms with Crippen LogP contribution in [0.2, 0.25) is 0 Å². The summed E-state index contributed by atoms with van der Waals surface area (Å²) in [4.78, 5) is 50.3. The molecule has 0 saturated heterocycles. The highest BCUT2D eigenvalue weighted by Crippen LogP contribution is 2.28. The molecule has 3 amide bonds. The van der Waals surface area contributed by atoms with E-state index in [-0.39, 0.29) is 31.7 Å². The Morgan fingerprint density at radius 2 is 1.22 bits per heavy atom. The van der Waals surface area contributed by atoms with E-state index in [9.17, 15) is 19.5 Å². The summed E-state index contributed by atoms with van der Waals surface area (Å²) in [6.45, 7) is 0.161. The van der Waals surface area contributed by atoms with Gasteiger partial charge >= 0.3 is 18.3 Å². The van der Waals surface area contributed by atoms with E-state index < -0.39 is 18.3 Å². The second-order valence-corrected chi connectivity index (χ2v) is 11.0. The molecule has 4 N–H and O–H groups in total. The number of aromatic nitrogens is 2. The maximum absolute atomic E-state index is 12.6. The number of benzene rings is 5. The van der Waals surface area contributed by atoms with Gasteiger partial charge in [-0.1, -0.05) is 91.0 Å². The van der Waals surface area contributed by atoms with Crippen molar-refractivity contribution < 1.29 is 33.7 Å². The lowest BCUT2D eigenvalue weighted by Crippen LogP contribution is -2.44. The number of fused-ring (bicyclic) bond motifs is 1. The molecule has 1 aromatic heterocycles. The zero-order chi connectivity index (χ0) is 35.4. The van der Waals surface area contributed by atoms with Crippen molar-refractivity contribution in [2.45, 2.75) is 19.8 Å². The monoisotopic (exact) mass is 684 g/mol. The van der Waals surface area contributed by atoms with Crippen molar-refractivity contribution in [3.8, 4) is 11.5 Å². The van der Waals surface area contributed by atoms with Crippen LogP contribution in [0.5, 0.6) is 11.5 Å². The number of rotatable bonds is 10. The van der Waals surface area contributed by atoms with Gasteiger partial charge in [0.05, 0.1) is 23.3 Å². The second-order valence-electron chi connectivity index (χ2n) is 11.0. The number of nitrogens with one attached hydrogen (secondary N) is 3. The predicted octanol–water partition coefficient (Wildman–Crippen LogP) is 7.88. The summed E-state index contributed by atoms with van der Waals surface area (Å²) in [5.41, 5.74) is 3.93. The second kappa shape index (κ2) is 16.3. The van der Waals surface area contributed by atoms with Crippen molar-refractivity contribution in [1.82, 2.24) is 20.6 Å². The highest BCUT2D eigenvalue weighted by Gasteiger charge is 2.19. The number of nitrogens with zero attached hydrogens (tertiary/aromatic N) is 3. The van der Waals surface area contributed by atoms with Crippen LogP contribution in [0, 0.1) is 0 Å². The van der Waals surface area contributed by atoms with Crippen molar-refractivity contribution in [1.29, 1.82) is 0 Å². The zero-order valence-corrected chi connectivity index (χ0v) is 27.1. The summed E-state index contributed by atoms with van der Waals surface area (Å²) in [6, 6.07) is 39.3. The van der Waals surface area contributed by atoms with Crippen molar-refractivity contribution in [2.75, 3.05) is 4.90 Å². The molecular formula is C38H32N6O7. The number of ether oxygens (including phenoxy) is 3. The van der Waals surface area contributed by atoms with E-state index in [1.807, 2.05) is 91.0 Å².